The third-order valence-corrected chi connectivity index (χ3v) is 5.73. The highest BCUT2D eigenvalue weighted by Crippen LogP contribution is 2.39. The van der Waals surface area contributed by atoms with E-state index < -0.39 is 4.92 Å². The average molecular weight is 434 g/mol. The smallest absolute Gasteiger partial charge is 0.287 e. The molecule has 1 atom stereocenters. The minimum absolute atomic E-state index is 0. The van der Waals surface area contributed by atoms with Gasteiger partial charge in [-0.15, -0.1) is 24.8 Å². The van der Waals surface area contributed by atoms with E-state index in [1.165, 1.54) is 31.5 Å². The summed E-state index contributed by atoms with van der Waals surface area (Å²) in [5.41, 5.74) is 5.97. The van der Waals surface area contributed by atoms with Gasteiger partial charge in [0, 0.05) is 31.6 Å². The number of hydrogen-bond donors (Lipinski definition) is 2. The van der Waals surface area contributed by atoms with Gasteiger partial charge in [0.1, 0.15) is 12.0 Å². The largest absolute Gasteiger partial charge is 0.365 e. The van der Waals surface area contributed by atoms with Crippen LogP contribution in [0.25, 0.3) is 0 Å². The van der Waals surface area contributed by atoms with Crippen LogP contribution < -0.4 is 11.1 Å². The Kier molecular flexibility index (Phi) is 9.39. The van der Waals surface area contributed by atoms with Crippen LogP contribution in [0.1, 0.15) is 44.9 Å². The number of nitrogens with zero attached hydrogens (tertiary/aromatic N) is 3. The summed E-state index contributed by atoms with van der Waals surface area (Å²) in [5, 5.41) is 13.9. The highest BCUT2D eigenvalue weighted by atomic mass is 35.5. The fourth-order valence-electron chi connectivity index (χ4n) is 4.08. The molecule has 3 rings (SSSR count). The van der Waals surface area contributed by atoms with Crippen LogP contribution >= 0.6 is 24.8 Å². The highest BCUT2D eigenvalue weighted by Gasteiger charge is 2.36. The number of pyridine rings is 1. The summed E-state index contributed by atoms with van der Waals surface area (Å²) in [6, 6.07) is 3.16. The number of nitro groups is 1. The Labute approximate surface area is 177 Å². The number of likely N-dealkylation sites (tertiary alicyclic amines) is 1. The summed E-state index contributed by atoms with van der Waals surface area (Å²) >= 11 is 0. The van der Waals surface area contributed by atoms with Crippen LogP contribution in [0.4, 0.5) is 11.5 Å². The standard InChI is InChI=1S/C18H27N5O3.2ClH/c19-13-18(7-2-1-3-8-18)10-17(24)22-9-6-14(12-22)21-16-5-4-15(11-20-16)23(25)26;;/h4-5,11,14H,1-3,6-10,12-13,19H2,(H,20,21);2*1H. The molecular formula is C18H29Cl2N5O3. The first-order valence-electron chi connectivity index (χ1n) is 9.36. The van der Waals surface area contributed by atoms with Gasteiger partial charge in [-0.05, 0) is 37.3 Å². The number of carbonyl (C=O) groups is 1. The molecule has 1 amide bonds. The summed E-state index contributed by atoms with van der Waals surface area (Å²) in [6.45, 7) is 1.95. The summed E-state index contributed by atoms with van der Waals surface area (Å²) < 4.78 is 0. The van der Waals surface area contributed by atoms with Crippen LogP contribution in [0.2, 0.25) is 0 Å². The third kappa shape index (κ3) is 5.93. The van der Waals surface area contributed by atoms with E-state index in [9.17, 15) is 14.9 Å². The number of nitrogens with one attached hydrogen (secondary N) is 1. The van der Waals surface area contributed by atoms with Crippen molar-refractivity contribution in [1.82, 2.24) is 9.88 Å². The summed E-state index contributed by atoms with van der Waals surface area (Å²) in [4.78, 5) is 29.0. The number of halogens is 2. The molecule has 0 aromatic carbocycles. The normalized spacial score (nSPS) is 20.6. The molecule has 1 unspecified atom stereocenters. The van der Waals surface area contributed by atoms with E-state index in [4.69, 9.17) is 5.73 Å². The molecule has 0 bridgehead atoms. The second kappa shape index (κ2) is 10.8. The lowest BCUT2D eigenvalue weighted by Crippen LogP contribution is -2.40. The van der Waals surface area contributed by atoms with Crippen molar-refractivity contribution in [3.05, 3.63) is 28.4 Å². The molecule has 0 radical (unpaired) electrons. The van der Waals surface area contributed by atoms with Crippen molar-refractivity contribution in [3.63, 3.8) is 0 Å². The highest BCUT2D eigenvalue weighted by molar-refractivity contribution is 5.85. The first-order valence-corrected chi connectivity index (χ1v) is 9.36. The Morgan fingerprint density at radius 3 is 2.61 bits per heavy atom. The average Bonchev–Trinajstić information content (AvgIpc) is 3.11. The van der Waals surface area contributed by atoms with Crippen molar-refractivity contribution in [2.24, 2.45) is 11.1 Å². The molecule has 0 spiro atoms. The lowest BCUT2D eigenvalue weighted by molar-refractivity contribution is -0.385. The van der Waals surface area contributed by atoms with Crippen molar-refractivity contribution >= 4 is 42.2 Å². The molecule has 2 fully saturated rings. The Bertz CT molecular complexity index is 653. The summed E-state index contributed by atoms with van der Waals surface area (Å²) in [7, 11) is 0. The second-order valence-electron chi connectivity index (χ2n) is 7.57. The summed E-state index contributed by atoms with van der Waals surface area (Å²) in [5.74, 6) is 0.791. The number of aromatic nitrogens is 1. The van der Waals surface area contributed by atoms with Gasteiger partial charge in [-0.25, -0.2) is 4.98 Å². The first kappa shape index (κ1) is 24.4. The van der Waals surface area contributed by atoms with Gasteiger partial charge < -0.3 is 16.0 Å². The van der Waals surface area contributed by atoms with Crippen molar-refractivity contribution in [1.29, 1.82) is 0 Å². The summed E-state index contributed by atoms with van der Waals surface area (Å²) in [6.07, 6.45) is 8.32. The van der Waals surface area contributed by atoms with Crippen molar-refractivity contribution < 1.29 is 9.72 Å². The van der Waals surface area contributed by atoms with Crippen molar-refractivity contribution in [2.45, 2.75) is 51.0 Å². The van der Waals surface area contributed by atoms with Crippen LogP contribution in [-0.2, 0) is 4.79 Å². The maximum absolute atomic E-state index is 12.7. The number of rotatable bonds is 6. The molecule has 1 aromatic heterocycles. The number of hydrogen-bond acceptors (Lipinski definition) is 6. The molecule has 158 valence electrons. The van der Waals surface area contributed by atoms with E-state index in [0.29, 0.717) is 25.3 Å². The first-order chi connectivity index (χ1) is 12.5. The number of nitrogens with two attached hydrogens (primary N) is 1. The van der Waals surface area contributed by atoms with Crippen molar-refractivity contribution in [3.8, 4) is 0 Å². The van der Waals surface area contributed by atoms with Crippen LogP contribution in [-0.4, -0.2) is 46.4 Å². The van der Waals surface area contributed by atoms with E-state index in [1.54, 1.807) is 6.07 Å². The number of anilines is 1. The molecule has 2 heterocycles. The van der Waals surface area contributed by atoms with Gasteiger partial charge in [0.25, 0.3) is 5.69 Å². The molecule has 1 aliphatic heterocycles. The fourth-order valence-corrected chi connectivity index (χ4v) is 4.08. The maximum Gasteiger partial charge on any atom is 0.287 e. The fraction of sp³-hybridized carbons (Fsp3) is 0.667. The van der Waals surface area contributed by atoms with Crippen LogP contribution in [0.15, 0.2) is 18.3 Å². The van der Waals surface area contributed by atoms with Gasteiger partial charge in [0.15, 0.2) is 0 Å². The molecule has 1 saturated carbocycles. The minimum atomic E-state index is -0.467. The lowest BCUT2D eigenvalue weighted by atomic mass is 9.71. The molecule has 2 aliphatic rings. The molecule has 1 aromatic rings. The monoisotopic (exact) mass is 433 g/mol. The predicted molar refractivity (Wildman–Crippen MR) is 113 cm³/mol. The predicted octanol–water partition coefficient (Wildman–Crippen LogP) is 3.15. The molecule has 3 N–H and O–H groups in total. The van der Waals surface area contributed by atoms with Gasteiger partial charge >= 0.3 is 0 Å². The molecular weight excluding hydrogens is 405 g/mol. The molecule has 28 heavy (non-hydrogen) atoms. The molecule has 8 nitrogen and oxygen atoms in total. The zero-order valence-electron chi connectivity index (χ0n) is 15.8. The van der Waals surface area contributed by atoms with Gasteiger partial charge in [-0.1, -0.05) is 19.3 Å². The van der Waals surface area contributed by atoms with Gasteiger partial charge in [-0.3, -0.25) is 14.9 Å². The number of carbonyl (C=O) groups excluding carboxylic acids is 1. The van der Waals surface area contributed by atoms with Crippen molar-refractivity contribution in [2.75, 3.05) is 25.0 Å². The quantitative estimate of drug-likeness (QED) is 0.525. The van der Waals surface area contributed by atoms with Crippen LogP contribution in [0.5, 0.6) is 0 Å². The second-order valence-corrected chi connectivity index (χ2v) is 7.57. The molecule has 1 saturated heterocycles. The lowest BCUT2D eigenvalue weighted by Gasteiger charge is -2.36. The van der Waals surface area contributed by atoms with E-state index in [1.807, 2.05) is 4.90 Å². The van der Waals surface area contributed by atoms with E-state index in [0.717, 1.165) is 25.8 Å². The topological polar surface area (TPSA) is 114 Å². The zero-order chi connectivity index (χ0) is 18.6. The SMILES string of the molecule is Cl.Cl.NCC1(CC(=O)N2CCC(Nc3ccc([N+](=O)[O-])cn3)C2)CCCCC1. The Morgan fingerprint density at radius 2 is 2.04 bits per heavy atom. The number of amides is 1. The van der Waals surface area contributed by atoms with Crippen LogP contribution in [0.3, 0.4) is 0 Å². The molecule has 1 aliphatic carbocycles. The van der Waals surface area contributed by atoms with Crippen LogP contribution in [0, 0.1) is 15.5 Å². The minimum Gasteiger partial charge on any atom is -0.365 e. The zero-order valence-corrected chi connectivity index (χ0v) is 17.5. The maximum atomic E-state index is 12.7. The van der Waals surface area contributed by atoms with E-state index >= 15 is 0 Å². The van der Waals surface area contributed by atoms with E-state index in [2.05, 4.69) is 10.3 Å². The Morgan fingerprint density at radius 1 is 1.32 bits per heavy atom. The Hall–Kier alpha value is -1.64. The Balaban J connectivity index is 0.00000196. The third-order valence-electron chi connectivity index (χ3n) is 5.73. The van der Waals surface area contributed by atoms with Gasteiger partial charge in [-0.2, -0.15) is 0 Å². The van der Waals surface area contributed by atoms with Gasteiger partial charge in [0.2, 0.25) is 5.91 Å². The van der Waals surface area contributed by atoms with E-state index in [-0.39, 0.29) is 47.9 Å². The van der Waals surface area contributed by atoms with Gasteiger partial charge in [0.05, 0.1) is 4.92 Å². The molecule has 10 heteroatoms.